The van der Waals surface area contributed by atoms with E-state index in [4.69, 9.17) is 4.74 Å². The second kappa shape index (κ2) is 6.78. The summed E-state index contributed by atoms with van der Waals surface area (Å²) in [5.41, 5.74) is -0.672. The fraction of sp³-hybridized carbons (Fsp3) is 0.300. The van der Waals surface area contributed by atoms with Crippen LogP contribution in [0.15, 0.2) is 48.5 Å². The van der Waals surface area contributed by atoms with Crippen LogP contribution in [0.5, 0.6) is 5.75 Å². The summed E-state index contributed by atoms with van der Waals surface area (Å²) in [5.74, 6) is -0.861. The van der Waals surface area contributed by atoms with Crippen LogP contribution >= 0.6 is 0 Å². The number of carbonyl (C=O) groups is 2. The van der Waals surface area contributed by atoms with Crippen LogP contribution in [0.25, 0.3) is 0 Å². The Labute approximate surface area is 152 Å². The summed E-state index contributed by atoms with van der Waals surface area (Å²) in [5, 5.41) is 0. The number of ether oxygens (including phenoxy) is 1. The number of fused-ring (bicyclic) bond motifs is 1. The highest BCUT2D eigenvalue weighted by molar-refractivity contribution is 6.16. The standard InChI is InChI=1S/C20H21FN2O3/c1-4-23-16-11-7-8-12-17(16)26-20(2,19(23)25)18(24)22(3)13-14-9-5-6-10-15(14)21/h5-12H,4,13H2,1-3H3. The van der Waals surface area contributed by atoms with Crippen LogP contribution in [-0.4, -0.2) is 35.9 Å². The molecule has 26 heavy (non-hydrogen) atoms. The Bertz CT molecular complexity index is 854. The van der Waals surface area contributed by atoms with Gasteiger partial charge in [0, 0.05) is 25.7 Å². The van der Waals surface area contributed by atoms with Crippen molar-refractivity contribution in [3.63, 3.8) is 0 Å². The van der Waals surface area contributed by atoms with Gasteiger partial charge in [0.15, 0.2) is 0 Å². The van der Waals surface area contributed by atoms with Crippen LogP contribution in [0.4, 0.5) is 10.1 Å². The number of amides is 2. The predicted octanol–water partition coefficient (Wildman–Crippen LogP) is 2.99. The number of likely N-dealkylation sites (N-methyl/N-ethyl adjacent to an activating group) is 2. The van der Waals surface area contributed by atoms with E-state index in [2.05, 4.69) is 0 Å². The summed E-state index contributed by atoms with van der Waals surface area (Å²) < 4.78 is 19.7. The van der Waals surface area contributed by atoms with Gasteiger partial charge in [-0.05, 0) is 32.0 Å². The Morgan fingerprint density at radius 1 is 1.19 bits per heavy atom. The molecule has 1 atom stereocenters. The Balaban J connectivity index is 1.90. The van der Waals surface area contributed by atoms with Crippen molar-refractivity contribution in [2.24, 2.45) is 0 Å². The summed E-state index contributed by atoms with van der Waals surface area (Å²) in [6, 6.07) is 13.4. The first-order valence-electron chi connectivity index (χ1n) is 8.47. The van der Waals surface area contributed by atoms with Gasteiger partial charge >= 0.3 is 0 Å². The lowest BCUT2D eigenvalue weighted by Gasteiger charge is -2.40. The molecule has 1 unspecified atom stereocenters. The van der Waals surface area contributed by atoms with Gasteiger partial charge in [-0.25, -0.2) is 4.39 Å². The molecule has 3 rings (SSSR count). The summed E-state index contributed by atoms with van der Waals surface area (Å²) in [7, 11) is 1.54. The lowest BCUT2D eigenvalue weighted by Crippen LogP contribution is -2.62. The average molecular weight is 356 g/mol. The Morgan fingerprint density at radius 3 is 2.54 bits per heavy atom. The van der Waals surface area contributed by atoms with Gasteiger partial charge in [0.25, 0.3) is 17.4 Å². The van der Waals surface area contributed by atoms with E-state index < -0.39 is 23.2 Å². The van der Waals surface area contributed by atoms with E-state index >= 15 is 0 Å². The molecule has 0 fully saturated rings. The highest BCUT2D eigenvalue weighted by Gasteiger charge is 2.51. The van der Waals surface area contributed by atoms with E-state index in [1.165, 1.54) is 29.8 Å². The number of rotatable bonds is 4. The van der Waals surface area contributed by atoms with Crippen molar-refractivity contribution in [2.45, 2.75) is 26.0 Å². The average Bonchev–Trinajstić information content (AvgIpc) is 2.64. The minimum absolute atomic E-state index is 0.0471. The van der Waals surface area contributed by atoms with Crippen LogP contribution in [0.2, 0.25) is 0 Å². The maximum atomic E-state index is 13.9. The highest BCUT2D eigenvalue weighted by Crippen LogP contribution is 2.38. The van der Waals surface area contributed by atoms with Crippen LogP contribution in [0, 0.1) is 5.82 Å². The number of para-hydroxylation sites is 2. The summed E-state index contributed by atoms with van der Waals surface area (Å²) in [4.78, 5) is 28.9. The van der Waals surface area contributed by atoms with Crippen LogP contribution < -0.4 is 9.64 Å². The SMILES string of the molecule is CCN1C(=O)C(C)(C(=O)N(C)Cc2ccccc2F)Oc2ccccc21. The number of carbonyl (C=O) groups excluding carboxylic acids is 2. The third-order valence-electron chi connectivity index (χ3n) is 4.56. The molecule has 6 heteroatoms. The lowest BCUT2D eigenvalue weighted by atomic mass is 9.99. The summed E-state index contributed by atoms with van der Waals surface area (Å²) in [6.45, 7) is 3.77. The predicted molar refractivity (Wildman–Crippen MR) is 96.4 cm³/mol. The third kappa shape index (κ3) is 2.92. The molecule has 0 radical (unpaired) electrons. The monoisotopic (exact) mass is 356 g/mol. The normalized spacial score (nSPS) is 18.9. The Hall–Kier alpha value is -2.89. The lowest BCUT2D eigenvalue weighted by molar-refractivity contribution is -0.155. The van der Waals surface area contributed by atoms with Gasteiger partial charge in [-0.2, -0.15) is 0 Å². The molecule has 2 aromatic rings. The molecular formula is C20H21FN2O3. The van der Waals surface area contributed by atoms with E-state index in [1.54, 1.807) is 36.4 Å². The molecule has 0 aliphatic carbocycles. The molecule has 0 saturated carbocycles. The number of benzene rings is 2. The highest BCUT2D eigenvalue weighted by atomic mass is 19.1. The maximum absolute atomic E-state index is 13.9. The summed E-state index contributed by atoms with van der Waals surface area (Å²) >= 11 is 0. The smallest absolute Gasteiger partial charge is 0.280 e. The van der Waals surface area contributed by atoms with Crippen molar-refractivity contribution in [2.75, 3.05) is 18.5 Å². The minimum Gasteiger partial charge on any atom is -0.465 e. The molecular weight excluding hydrogens is 335 g/mol. The quantitative estimate of drug-likeness (QED) is 0.792. The van der Waals surface area contributed by atoms with E-state index in [9.17, 15) is 14.0 Å². The maximum Gasteiger partial charge on any atom is 0.280 e. The van der Waals surface area contributed by atoms with Crippen molar-refractivity contribution < 1.29 is 18.7 Å². The van der Waals surface area contributed by atoms with Crippen molar-refractivity contribution >= 4 is 17.5 Å². The molecule has 0 spiro atoms. The van der Waals surface area contributed by atoms with Gasteiger partial charge in [-0.3, -0.25) is 9.59 Å². The second-order valence-electron chi connectivity index (χ2n) is 6.41. The van der Waals surface area contributed by atoms with Gasteiger partial charge in [0.2, 0.25) is 0 Å². The van der Waals surface area contributed by atoms with Gasteiger partial charge in [0.05, 0.1) is 5.69 Å². The fourth-order valence-electron chi connectivity index (χ4n) is 3.16. The molecule has 0 N–H and O–H groups in total. The number of hydrogen-bond acceptors (Lipinski definition) is 3. The van der Waals surface area contributed by atoms with Crippen LogP contribution in [0.1, 0.15) is 19.4 Å². The molecule has 2 amide bonds. The largest absolute Gasteiger partial charge is 0.465 e. The number of hydrogen-bond donors (Lipinski definition) is 0. The van der Waals surface area contributed by atoms with Crippen molar-refractivity contribution in [3.05, 3.63) is 59.9 Å². The molecule has 0 saturated heterocycles. The molecule has 136 valence electrons. The van der Waals surface area contributed by atoms with Crippen molar-refractivity contribution in [1.82, 2.24) is 4.90 Å². The van der Waals surface area contributed by atoms with E-state index in [1.807, 2.05) is 13.0 Å². The van der Waals surface area contributed by atoms with Gasteiger partial charge in [0.1, 0.15) is 11.6 Å². The van der Waals surface area contributed by atoms with Crippen molar-refractivity contribution in [1.29, 1.82) is 0 Å². The second-order valence-corrected chi connectivity index (χ2v) is 6.41. The van der Waals surface area contributed by atoms with E-state index in [0.29, 0.717) is 23.5 Å². The molecule has 5 nitrogen and oxygen atoms in total. The first kappa shape index (κ1) is 17.9. The summed E-state index contributed by atoms with van der Waals surface area (Å²) in [6.07, 6.45) is 0. The van der Waals surface area contributed by atoms with E-state index in [0.717, 1.165) is 0 Å². The first-order chi connectivity index (χ1) is 12.4. The molecule has 0 bridgehead atoms. The zero-order chi connectivity index (χ0) is 18.9. The molecule has 1 aliphatic heterocycles. The van der Waals surface area contributed by atoms with Crippen LogP contribution in [0.3, 0.4) is 0 Å². The van der Waals surface area contributed by atoms with Crippen molar-refractivity contribution in [3.8, 4) is 5.75 Å². The molecule has 2 aromatic carbocycles. The zero-order valence-electron chi connectivity index (χ0n) is 15.0. The number of anilines is 1. The topological polar surface area (TPSA) is 49.9 Å². The number of halogens is 1. The van der Waals surface area contributed by atoms with Crippen LogP contribution in [-0.2, 0) is 16.1 Å². The Morgan fingerprint density at radius 2 is 1.85 bits per heavy atom. The number of nitrogens with zero attached hydrogens (tertiary/aromatic N) is 2. The van der Waals surface area contributed by atoms with Gasteiger partial charge in [-0.1, -0.05) is 30.3 Å². The Kier molecular flexibility index (Phi) is 4.68. The fourth-order valence-corrected chi connectivity index (χ4v) is 3.16. The van der Waals surface area contributed by atoms with Gasteiger partial charge < -0.3 is 14.5 Å². The van der Waals surface area contributed by atoms with E-state index in [-0.39, 0.29) is 6.54 Å². The first-order valence-corrected chi connectivity index (χ1v) is 8.47. The minimum atomic E-state index is -1.69. The van der Waals surface area contributed by atoms with Gasteiger partial charge in [-0.15, -0.1) is 0 Å². The molecule has 1 aliphatic rings. The third-order valence-corrected chi connectivity index (χ3v) is 4.56. The zero-order valence-corrected chi connectivity index (χ0v) is 15.0. The molecule has 1 heterocycles. The molecule has 0 aromatic heterocycles.